The van der Waals surface area contributed by atoms with Gasteiger partial charge >= 0.3 is 6.01 Å². The summed E-state index contributed by atoms with van der Waals surface area (Å²) in [4.78, 5) is 10.8. The predicted molar refractivity (Wildman–Crippen MR) is 74.4 cm³/mol. The Morgan fingerprint density at radius 2 is 2.25 bits per heavy atom. The molecule has 0 saturated carbocycles. The third-order valence-electron chi connectivity index (χ3n) is 3.74. The van der Waals surface area contributed by atoms with Crippen LogP contribution in [0.25, 0.3) is 0 Å². The van der Waals surface area contributed by atoms with Crippen molar-refractivity contribution in [2.75, 3.05) is 20.2 Å². The summed E-state index contributed by atoms with van der Waals surface area (Å²) in [6.07, 6.45) is 7.93. The van der Waals surface area contributed by atoms with Crippen LogP contribution in [0.4, 0.5) is 0 Å². The van der Waals surface area contributed by atoms with Crippen molar-refractivity contribution in [2.45, 2.75) is 25.3 Å². The third-order valence-corrected chi connectivity index (χ3v) is 3.74. The Hall–Kier alpha value is -1.95. The number of nitrogens with zero attached hydrogens (tertiary/aromatic N) is 4. The molecule has 0 radical (unpaired) electrons. The number of hydrogen-bond donors (Lipinski definition) is 1. The van der Waals surface area contributed by atoms with E-state index in [2.05, 4.69) is 31.1 Å². The second kappa shape index (κ2) is 6.00. The van der Waals surface area contributed by atoms with Gasteiger partial charge in [0.15, 0.2) is 0 Å². The Morgan fingerprint density at radius 1 is 1.40 bits per heavy atom. The highest BCUT2D eigenvalue weighted by Crippen LogP contribution is 2.26. The maximum atomic E-state index is 4.98. The van der Waals surface area contributed by atoms with Crippen LogP contribution in [0.5, 0.6) is 6.01 Å². The van der Waals surface area contributed by atoms with Crippen LogP contribution in [-0.2, 0) is 6.54 Å². The van der Waals surface area contributed by atoms with Crippen molar-refractivity contribution in [3.63, 3.8) is 0 Å². The number of likely N-dealkylation sites (tertiary alicyclic amines) is 1. The van der Waals surface area contributed by atoms with Crippen LogP contribution < -0.4 is 4.74 Å². The van der Waals surface area contributed by atoms with Gasteiger partial charge in [-0.1, -0.05) is 0 Å². The van der Waals surface area contributed by atoms with Crippen molar-refractivity contribution in [2.24, 2.45) is 0 Å². The molecule has 0 unspecified atom stereocenters. The summed E-state index contributed by atoms with van der Waals surface area (Å²) in [5.74, 6) is 0.547. The first-order valence-electron chi connectivity index (χ1n) is 6.91. The maximum Gasteiger partial charge on any atom is 0.316 e. The lowest BCUT2D eigenvalue weighted by atomic mass is 9.95. The van der Waals surface area contributed by atoms with E-state index in [1.165, 1.54) is 18.5 Å². The molecule has 106 valence electrons. The van der Waals surface area contributed by atoms with E-state index in [1.807, 2.05) is 18.6 Å². The monoisotopic (exact) mass is 273 g/mol. The largest absolute Gasteiger partial charge is 0.467 e. The van der Waals surface area contributed by atoms with E-state index in [1.54, 1.807) is 7.11 Å². The summed E-state index contributed by atoms with van der Waals surface area (Å²) in [5, 5.41) is 7.14. The standard InChI is InChI=1S/C14H19N5O/c1-20-14-15-7-11(8-16-14)9-19-6-2-3-12(10-19)13-4-5-17-18-13/h4-5,7-8,12H,2-3,6,9-10H2,1H3,(H,17,18)/t12-/m1/s1. The Labute approximate surface area is 118 Å². The van der Waals surface area contributed by atoms with E-state index in [0.29, 0.717) is 11.9 Å². The second-order valence-corrected chi connectivity index (χ2v) is 5.16. The third kappa shape index (κ3) is 2.96. The summed E-state index contributed by atoms with van der Waals surface area (Å²) in [7, 11) is 1.58. The lowest BCUT2D eigenvalue weighted by Gasteiger charge is -2.32. The van der Waals surface area contributed by atoms with Crippen molar-refractivity contribution in [3.8, 4) is 6.01 Å². The maximum absolute atomic E-state index is 4.98. The molecule has 1 saturated heterocycles. The van der Waals surface area contributed by atoms with Gasteiger partial charge in [-0.25, -0.2) is 9.97 Å². The van der Waals surface area contributed by atoms with E-state index in [9.17, 15) is 0 Å². The number of aromatic nitrogens is 4. The van der Waals surface area contributed by atoms with Gasteiger partial charge in [0.2, 0.25) is 0 Å². The summed E-state index contributed by atoms with van der Waals surface area (Å²) in [5.41, 5.74) is 2.36. The van der Waals surface area contributed by atoms with Gasteiger partial charge in [0.1, 0.15) is 0 Å². The van der Waals surface area contributed by atoms with E-state index in [0.717, 1.165) is 25.2 Å². The molecule has 1 fully saturated rings. The molecule has 0 spiro atoms. The summed E-state index contributed by atoms with van der Waals surface area (Å²) in [6, 6.07) is 2.49. The van der Waals surface area contributed by atoms with Crippen LogP contribution in [0.2, 0.25) is 0 Å². The topological polar surface area (TPSA) is 66.9 Å². The van der Waals surface area contributed by atoms with Crippen molar-refractivity contribution in [3.05, 3.63) is 35.9 Å². The smallest absolute Gasteiger partial charge is 0.316 e. The van der Waals surface area contributed by atoms with E-state index < -0.39 is 0 Å². The number of piperidine rings is 1. The van der Waals surface area contributed by atoms with Crippen molar-refractivity contribution in [1.29, 1.82) is 0 Å². The van der Waals surface area contributed by atoms with Crippen LogP contribution >= 0.6 is 0 Å². The molecule has 6 nitrogen and oxygen atoms in total. The minimum Gasteiger partial charge on any atom is -0.467 e. The van der Waals surface area contributed by atoms with E-state index in [4.69, 9.17) is 4.74 Å². The number of hydrogen-bond acceptors (Lipinski definition) is 5. The molecular formula is C14H19N5O. The van der Waals surface area contributed by atoms with Gasteiger partial charge in [0.05, 0.1) is 7.11 Å². The van der Waals surface area contributed by atoms with Gasteiger partial charge in [-0.2, -0.15) is 5.10 Å². The number of nitrogens with one attached hydrogen (secondary N) is 1. The van der Waals surface area contributed by atoms with Crippen LogP contribution in [-0.4, -0.2) is 45.3 Å². The highest BCUT2D eigenvalue weighted by molar-refractivity contribution is 5.10. The molecule has 1 N–H and O–H groups in total. The Balaban J connectivity index is 1.62. The molecule has 20 heavy (non-hydrogen) atoms. The van der Waals surface area contributed by atoms with Gasteiger partial charge in [0, 0.05) is 48.9 Å². The highest BCUT2D eigenvalue weighted by atomic mass is 16.5. The number of ether oxygens (including phenoxy) is 1. The average molecular weight is 273 g/mol. The van der Waals surface area contributed by atoms with Crippen LogP contribution in [0.3, 0.4) is 0 Å². The average Bonchev–Trinajstić information content (AvgIpc) is 3.03. The zero-order valence-corrected chi connectivity index (χ0v) is 11.6. The molecule has 0 aliphatic carbocycles. The van der Waals surface area contributed by atoms with Crippen LogP contribution in [0, 0.1) is 0 Å². The summed E-state index contributed by atoms with van der Waals surface area (Å²) >= 11 is 0. The first-order valence-corrected chi connectivity index (χ1v) is 6.91. The Bertz CT molecular complexity index is 525. The molecule has 3 heterocycles. The first-order chi connectivity index (χ1) is 9.85. The Morgan fingerprint density at radius 3 is 2.95 bits per heavy atom. The summed E-state index contributed by atoms with van der Waals surface area (Å²) < 4.78 is 4.98. The molecule has 2 aromatic rings. The molecule has 0 aromatic carbocycles. The molecular weight excluding hydrogens is 254 g/mol. The lowest BCUT2D eigenvalue weighted by molar-refractivity contribution is 0.198. The molecule has 3 rings (SSSR count). The molecule has 1 aliphatic rings. The molecule has 0 bridgehead atoms. The van der Waals surface area contributed by atoms with Crippen molar-refractivity contribution >= 4 is 0 Å². The van der Waals surface area contributed by atoms with Gasteiger partial charge in [0.25, 0.3) is 0 Å². The lowest BCUT2D eigenvalue weighted by Crippen LogP contribution is -2.34. The molecule has 1 atom stereocenters. The molecule has 2 aromatic heterocycles. The van der Waals surface area contributed by atoms with E-state index >= 15 is 0 Å². The zero-order chi connectivity index (χ0) is 13.8. The van der Waals surface area contributed by atoms with Gasteiger partial charge in [-0.15, -0.1) is 0 Å². The number of methoxy groups -OCH3 is 1. The molecule has 6 heteroatoms. The fraction of sp³-hybridized carbons (Fsp3) is 0.500. The normalized spacial score (nSPS) is 19.9. The van der Waals surface area contributed by atoms with Crippen LogP contribution in [0.1, 0.15) is 30.0 Å². The van der Waals surface area contributed by atoms with E-state index in [-0.39, 0.29) is 0 Å². The highest BCUT2D eigenvalue weighted by Gasteiger charge is 2.22. The molecule has 0 amide bonds. The minimum atomic E-state index is 0.419. The predicted octanol–water partition coefficient (Wildman–Crippen LogP) is 1.59. The fourth-order valence-electron chi connectivity index (χ4n) is 2.74. The van der Waals surface area contributed by atoms with Gasteiger partial charge < -0.3 is 4.74 Å². The van der Waals surface area contributed by atoms with Crippen molar-refractivity contribution in [1.82, 2.24) is 25.1 Å². The quantitative estimate of drug-likeness (QED) is 0.916. The number of rotatable bonds is 4. The van der Waals surface area contributed by atoms with Gasteiger partial charge in [-0.3, -0.25) is 10.00 Å². The van der Waals surface area contributed by atoms with Crippen molar-refractivity contribution < 1.29 is 4.74 Å². The first kappa shape index (κ1) is 13.1. The minimum absolute atomic E-state index is 0.419. The Kier molecular flexibility index (Phi) is 3.92. The van der Waals surface area contributed by atoms with Crippen LogP contribution in [0.15, 0.2) is 24.7 Å². The number of H-pyrrole nitrogens is 1. The number of aromatic amines is 1. The summed E-state index contributed by atoms with van der Waals surface area (Å²) in [6.45, 7) is 3.06. The van der Waals surface area contributed by atoms with Gasteiger partial charge in [-0.05, 0) is 25.5 Å². The molecule has 1 aliphatic heterocycles. The second-order valence-electron chi connectivity index (χ2n) is 5.16. The zero-order valence-electron chi connectivity index (χ0n) is 11.6. The fourth-order valence-corrected chi connectivity index (χ4v) is 2.74. The SMILES string of the molecule is COc1ncc(CN2CCC[C@@H](c3ccn[nH]3)C2)cn1.